The number of ether oxygens (including phenoxy) is 2. The van der Waals surface area contributed by atoms with Crippen LogP contribution in [0.5, 0.6) is 11.5 Å². The second-order valence-electron chi connectivity index (χ2n) is 13.2. The van der Waals surface area contributed by atoms with Crippen LogP contribution in [-0.2, 0) is 4.79 Å². The summed E-state index contributed by atoms with van der Waals surface area (Å²) in [6.07, 6.45) is 9.08. The summed E-state index contributed by atoms with van der Waals surface area (Å²) in [6.45, 7) is 13.5. The number of hydrogen-bond donors (Lipinski definition) is 2. The normalized spacial score (nSPS) is 22.9. The summed E-state index contributed by atoms with van der Waals surface area (Å²) < 4.78 is 38.2. The zero-order valence-corrected chi connectivity index (χ0v) is 27.7. The summed E-state index contributed by atoms with van der Waals surface area (Å²) in [4.78, 5) is 12.3. The van der Waals surface area contributed by atoms with Gasteiger partial charge in [0.05, 0.1) is 19.3 Å². The Morgan fingerprint density at radius 3 is 1.68 bits per heavy atom. The van der Waals surface area contributed by atoms with E-state index in [1.807, 2.05) is 19.9 Å². The second-order valence-corrected chi connectivity index (χ2v) is 13.2. The third-order valence-electron chi connectivity index (χ3n) is 8.91. The summed E-state index contributed by atoms with van der Waals surface area (Å²) in [5.41, 5.74) is 2.08. The molecule has 2 aromatic carbocycles. The van der Waals surface area contributed by atoms with Gasteiger partial charge in [0.2, 0.25) is 5.91 Å². The van der Waals surface area contributed by atoms with Crippen molar-refractivity contribution in [2.45, 2.75) is 123 Å². The van der Waals surface area contributed by atoms with Gasteiger partial charge in [0, 0.05) is 24.1 Å². The highest BCUT2D eigenvalue weighted by Crippen LogP contribution is 2.33. The van der Waals surface area contributed by atoms with Gasteiger partial charge in [0.15, 0.2) is 0 Å². The first kappa shape index (κ1) is 35.8. The fraction of sp³-hybridized carbons (Fsp3) is 0.649. The van der Waals surface area contributed by atoms with E-state index in [0.29, 0.717) is 54.4 Å². The van der Waals surface area contributed by atoms with Gasteiger partial charge < -0.3 is 19.9 Å². The van der Waals surface area contributed by atoms with Crippen molar-refractivity contribution in [2.75, 3.05) is 13.2 Å². The van der Waals surface area contributed by atoms with Crippen molar-refractivity contribution < 1.29 is 28.2 Å². The Bertz CT molecular complexity index is 1150. The number of hydrogen-bond acceptors (Lipinski definition) is 4. The molecule has 3 saturated carbocycles. The van der Waals surface area contributed by atoms with Gasteiger partial charge in [-0.15, -0.1) is 0 Å². The molecule has 5 rings (SSSR count). The highest BCUT2D eigenvalue weighted by Gasteiger charge is 2.33. The maximum Gasteiger partial charge on any atom is 0.223 e. The molecule has 1 amide bonds. The van der Waals surface area contributed by atoms with Crippen molar-refractivity contribution in [3.05, 3.63) is 59.2 Å². The van der Waals surface area contributed by atoms with Gasteiger partial charge in [0.1, 0.15) is 23.1 Å². The van der Waals surface area contributed by atoms with Crippen molar-refractivity contribution in [1.82, 2.24) is 5.32 Å². The van der Waals surface area contributed by atoms with Crippen molar-refractivity contribution in [3.63, 3.8) is 0 Å². The molecule has 0 heterocycles. The van der Waals surface area contributed by atoms with E-state index in [4.69, 9.17) is 9.47 Å². The number of nitrogens with one attached hydrogen (secondary N) is 1. The number of halogens is 2. The maximum absolute atomic E-state index is 13.5. The molecule has 246 valence electrons. The van der Waals surface area contributed by atoms with Crippen LogP contribution in [0.15, 0.2) is 36.4 Å². The van der Waals surface area contributed by atoms with Gasteiger partial charge >= 0.3 is 0 Å². The van der Waals surface area contributed by atoms with Crippen LogP contribution >= 0.6 is 0 Å². The maximum atomic E-state index is 13.5. The van der Waals surface area contributed by atoms with Gasteiger partial charge in [-0.3, -0.25) is 4.79 Å². The molecule has 5 nitrogen and oxygen atoms in total. The van der Waals surface area contributed by atoms with Crippen molar-refractivity contribution in [1.29, 1.82) is 0 Å². The Morgan fingerprint density at radius 2 is 1.25 bits per heavy atom. The summed E-state index contributed by atoms with van der Waals surface area (Å²) in [7, 11) is 0. The van der Waals surface area contributed by atoms with Crippen LogP contribution in [0.4, 0.5) is 8.78 Å². The molecule has 44 heavy (non-hydrogen) atoms. The molecule has 0 bridgehead atoms. The lowest BCUT2D eigenvalue weighted by Crippen LogP contribution is -2.48. The minimum atomic E-state index is -0.266. The van der Waals surface area contributed by atoms with Crippen LogP contribution in [0.3, 0.4) is 0 Å². The summed E-state index contributed by atoms with van der Waals surface area (Å²) in [5, 5.41) is 12.4. The minimum absolute atomic E-state index is 0.166. The van der Waals surface area contributed by atoms with E-state index in [9.17, 15) is 18.7 Å². The lowest BCUT2D eigenvalue weighted by Gasteiger charge is -2.37. The summed E-state index contributed by atoms with van der Waals surface area (Å²) in [5.74, 6) is 2.72. The molecule has 0 aromatic heterocycles. The van der Waals surface area contributed by atoms with E-state index in [1.54, 1.807) is 6.07 Å². The fourth-order valence-electron chi connectivity index (χ4n) is 6.15. The number of amides is 1. The summed E-state index contributed by atoms with van der Waals surface area (Å²) >= 11 is 0. The van der Waals surface area contributed by atoms with Gasteiger partial charge in [-0.1, -0.05) is 72.9 Å². The lowest BCUT2D eigenvalue weighted by molar-refractivity contribution is -0.127. The first-order valence-electron chi connectivity index (χ1n) is 16.9. The Labute approximate surface area is 264 Å². The molecule has 3 fully saturated rings. The predicted molar refractivity (Wildman–Crippen MR) is 173 cm³/mol. The quantitative estimate of drug-likeness (QED) is 0.280. The van der Waals surface area contributed by atoms with Crippen LogP contribution in [0.25, 0.3) is 0 Å². The predicted octanol–water partition coefficient (Wildman–Crippen LogP) is 8.93. The van der Waals surface area contributed by atoms with Crippen molar-refractivity contribution in [3.8, 4) is 11.5 Å². The molecule has 3 aliphatic rings. The smallest absolute Gasteiger partial charge is 0.223 e. The van der Waals surface area contributed by atoms with E-state index in [0.717, 1.165) is 49.7 Å². The molecule has 3 aliphatic carbocycles. The molecular weight excluding hydrogens is 560 g/mol. The van der Waals surface area contributed by atoms with E-state index in [2.05, 4.69) is 33.0 Å². The van der Waals surface area contributed by atoms with Crippen LogP contribution in [0.1, 0.15) is 122 Å². The van der Waals surface area contributed by atoms with E-state index < -0.39 is 0 Å². The first-order chi connectivity index (χ1) is 21.1. The number of aliphatic hydroxyl groups is 1. The second kappa shape index (κ2) is 17.7. The van der Waals surface area contributed by atoms with E-state index >= 15 is 0 Å². The Morgan fingerprint density at radius 1 is 0.795 bits per heavy atom. The number of rotatable bonds is 10. The Kier molecular flexibility index (Phi) is 14.4. The van der Waals surface area contributed by atoms with E-state index in [-0.39, 0.29) is 29.6 Å². The van der Waals surface area contributed by atoms with Crippen molar-refractivity contribution >= 4 is 5.91 Å². The largest absolute Gasteiger partial charge is 0.493 e. The average Bonchev–Trinajstić information content (AvgIpc) is 2.97. The molecule has 0 saturated heterocycles. The standard InChI is InChI=1S/C21H30FNO2.C14H19FO2.C2H6/c1-14(2)19-9-8-17(22)12-20(19)25-13-15-10-18(11-15)23-21(24)16-6-4-3-5-7-16;1-9(2)13-4-3-11(15)7-14(13)17-8-10-5-12(16)6-10;1-2/h8-9,12,14-16,18H,3-7,10-11,13H2,1-2H3,(H,23,24);3-4,7,9-10,12,16H,5-6,8H2,1-2H3;1-2H3. The molecular formula is C37H55F2NO4. The average molecular weight is 616 g/mol. The van der Waals surface area contributed by atoms with Gasteiger partial charge in [0.25, 0.3) is 0 Å². The number of benzene rings is 2. The van der Waals surface area contributed by atoms with Crippen LogP contribution in [0.2, 0.25) is 0 Å². The van der Waals surface area contributed by atoms with Crippen LogP contribution < -0.4 is 14.8 Å². The van der Waals surface area contributed by atoms with E-state index in [1.165, 1.54) is 43.5 Å². The topological polar surface area (TPSA) is 67.8 Å². The molecule has 0 radical (unpaired) electrons. The SMILES string of the molecule is CC.CC(C)c1ccc(F)cc1OCC1CC(NC(=O)C2CCCCC2)C1.CC(C)c1ccc(F)cc1OCC1CC(O)C1. The highest BCUT2D eigenvalue weighted by molar-refractivity contribution is 5.79. The molecule has 7 heteroatoms. The molecule has 0 unspecified atom stereocenters. The van der Waals surface area contributed by atoms with Gasteiger partial charge in [-0.05, 0) is 85.5 Å². The molecule has 0 spiro atoms. The van der Waals surface area contributed by atoms with Gasteiger partial charge in [-0.2, -0.15) is 0 Å². The van der Waals surface area contributed by atoms with Gasteiger partial charge in [-0.25, -0.2) is 8.78 Å². The van der Waals surface area contributed by atoms with Crippen molar-refractivity contribution in [2.24, 2.45) is 17.8 Å². The summed E-state index contributed by atoms with van der Waals surface area (Å²) in [6, 6.07) is 9.77. The molecule has 2 N–H and O–H groups in total. The molecule has 0 atom stereocenters. The number of aliphatic hydroxyl groups excluding tert-OH is 1. The first-order valence-corrected chi connectivity index (χ1v) is 16.9. The fourth-order valence-corrected chi connectivity index (χ4v) is 6.15. The molecule has 2 aromatic rings. The lowest BCUT2D eigenvalue weighted by atomic mass is 9.80. The minimum Gasteiger partial charge on any atom is -0.493 e. The number of carbonyl (C=O) groups excluding carboxylic acids is 1. The zero-order chi connectivity index (χ0) is 32.2. The highest BCUT2D eigenvalue weighted by atomic mass is 19.1. The Balaban J connectivity index is 0.000000243. The third kappa shape index (κ3) is 10.7. The van der Waals surface area contributed by atoms with Crippen LogP contribution in [0, 0.1) is 29.4 Å². The zero-order valence-electron chi connectivity index (χ0n) is 27.7. The monoisotopic (exact) mass is 615 g/mol. The number of carbonyl (C=O) groups is 1. The third-order valence-corrected chi connectivity index (χ3v) is 8.91. The Hall–Kier alpha value is -2.67. The molecule has 0 aliphatic heterocycles. The van der Waals surface area contributed by atoms with Crippen LogP contribution in [-0.4, -0.2) is 36.4 Å².